The quantitative estimate of drug-likeness (QED) is 0.137. The van der Waals surface area contributed by atoms with Crippen LogP contribution in [0.25, 0.3) is 0 Å². The maximum absolute atomic E-state index is 13.7. The molecule has 5 rings (SSSR count). The molecule has 5 saturated carbocycles. The summed E-state index contributed by atoms with van der Waals surface area (Å²) in [6.45, 7) is 5.97. The van der Waals surface area contributed by atoms with Gasteiger partial charge in [0.25, 0.3) is 11.2 Å². The van der Waals surface area contributed by atoms with E-state index < -0.39 is 96.6 Å². The second-order valence-corrected chi connectivity index (χ2v) is 12.6. The zero-order valence-corrected chi connectivity index (χ0v) is 23.2. The Morgan fingerprint density at radius 2 is 1.09 bits per heavy atom. The fourth-order valence-corrected chi connectivity index (χ4v) is 7.98. The van der Waals surface area contributed by atoms with Crippen molar-refractivity contribution < 1.29 is 81.9 Å². The molecule has 44 heavy (non-hydrogen) atoms. The average molecular weight is 666 g/mol. The van der Waals surface area contributed by atoms with E-state index in [2.05, 4.69) is 6.58 Å². The van der Waals surface area contributed by atoms with Crippen LogP contribution in [0.2, 0.25) is 0 Å². The van der Waals surface area contributed by atoms with Gasteiger partial charge in [-0.25, -0.2) is 4.79 Å². The van der Waals surface area contributed by atoms with E-state index >= 15 is 0 Å². The summed E-state index contributed by atoms with van der Waals surface area (Å²) in [6, 6.07) is 0. The second-order valence-electron chi connectivity index (χ2n) is 12.6. The van der Waals surface area contributed by atoms with E-state index in [-0.39, 0.29) is 17.4 Å². The molecule has 254 valence electrons. The van der Waals surface area contributed by atoms with Gasteiger partial charge in [-0.2, -0.15) is 52.7 Å². The lowest BCUT2D eigenvalue weighted by Gasteiger charge is -2.49. The number of carbonyl (C=O) groups is 1. The molecule has 0 spiro atoms. The minimum atomic E-state index is -6.58. The Labute approximate surface area is 242 Å². The summed E-state index contributed by atoms with van der Waals surface area (Å²) in [4.78, 5) is 12.4. The summed E-state index contributed by atoms with van der Waals surface area (Å²) in [7, 11) is 0. The summed E-state index contributed by atoms with van der Waals surface area (Å²) in [6.07, 6.45) is -34.0. The first-order chi connectivity index (χ1) is 19.6. The van der Waals surface area contributed by atoms with Crippen LogP contribution in [0.3, 0.4) is 0 Å². The van der Waals surface area contributed by atoms with Crippen LogP contribution in [0, 0.1) is 23.7 Å². The summed E-state index contributed by atoms with van der Waals surface area (Å²) < 4.78 is 181. The minimum absolute atomic E-state index is 0.0192. The van der Waals surface area contributed by atoms with Gasteiger partial charge >= 0.3 is 30.7 Å². The molecule has 0 amide bonds. The second kappa shape index (κ2) is 10.4. The SMILES string of the molecule is C=C(C)C(=O)OC12CC3CC1(OC(C)OC1CC(C(O)(C(F)(F)F)C(F)(F)F)CC(C(O)(C(F)(F)F)C(F)(F)F)C1)CC3C2. The molecule has 5 aliphatic rings. The Morgan fingerprint density at radius 3 is 1.43 bits per heavy atom. The van der Waals surface area contributed by atoms with E-state index in [1.807, 2.05) is 0 Å². The Balaban J connectivity index is 1.66. The molecule has 0 aliphatic heterocycles. The molecular weight excluding hydrogens is 636 g/mol. The fourth-order valence-electron chi connectivity index (χ4n) is 7.98. The molecule has 0 aromatic rings. The van der Waals surface area contributed by atoms with Gasteiger partial charge in [0.1, 0.15) is 11.2 Å². The molecular formula is C26H30F12O6. The van der Waals surface area contributed by atoms with Crippen molar-refractivity contribution in [1.29, 1.82) is 0 Å². The molecule has 0 heterocycles. The Hall–Kier alpha value is -1.79. The van der Waals surface area contributed by atoms with Gasteiger partial charge in [-0.15, -0.1) is 0 Å². The standard InChI is InChI=1S/C26H30F12O6/c1-11(2)18(39)44-20-9-13-7-19(20,8-14(13)10-20)43-12(3)42-17-5-15(21(40,23(27,28)29)24(30,31)32)4-16(6-17)22(41,25(33,34)35)26(36,37)38/h12-17,40-41H,1,4-10H2,2-3H3. The number of esters is 1. The van der Waals surface area contributed by atoms with Crippen LogP contribution < -0.4 is 0 Å². The summed E-state index contributed by atoms with van der Waals surface area (Å²) >= 11 is 0. The summed E-state index contributed by atoms with van der Waals surface area (Å²) in [5, 5.41) is 19.9. The third-order valence-electron chi connectivity index (χ3n) is 9.85. The predicted octanol–water partition coefficient (Wildman–Crippen LogP) is 6.29. The molecule has 4 bridgehead atoms. The highest BCUT2D eigenvalue weighted by Crippen LogP contribution is 2.70. The highest BCUT2D eigenvalue weighted by molar-refractivity contribution is 5.87. The van der Waals surface area contributed by atoms with Gasteiger partial charge in [0.05, 0.1) is 6.10 Å². The first kappa shape index (κ1) is 35.1. The van der Waals surface area contributed by atoms with Gasteiger partial charge in [0.15, 0.2) is 6.29 Å². The monoisotopic (exact) mass is 666 g/mol. The first-order valence-electron chi connectivity index (χ1n) is 13.6. The van der Waals surface area contributed by atoms with Crippen LogP contribution in [-0.2, 0) is 19.0 Å². The van der Waals surface area contributed by atoms with E-state index in [4.69, 9.17) is 14.2 Å². The van der Waals surface area contributed by atoms with Crippen LogP contribution in [0.4, 0.5) is 52.7 Å². The maximum atomic E-state index is 13.7. The van der Waals surface area contributed by atoms with Crippen molar-refractivity contribution in [2.75, 3.05) is 0 Å². The molecule has 0 aromatic carbocycles. The molecule has 5 aliphatic carbocycles. The lowest BCUT2D eigenvalue weighted by molar-refractivity contribution is -0.407. The summed E-state index contributed by atoms with van der Waals surface area (Å²) in [5.41, 5.74) is -13.9. The van der Waals surface area contributed by atoms with Gasteiger partial charge < -0.3 is 24.4 Å². The molecule has 2 N–H and O–H groups in total. The molecule has 0 radical (unpaired) electrons. The van der Waals surface area contributed by atoms with Crippen LogP contribution in [0.5, 0.6) is 0 Å². The third kappa shape index (κ3) is 5.18. The van der Waals surface area contributed by atoms with Crippen molar-refractivity contribution >= 4 is 5.97 Å². The minimum Gasteiger partial charge on any atom is -0.453 e. The average Bonchev–Trinajstić information content (AvgIpc) is 3.50. The van der Waals surface area contributed by atoms with E-state index in [1.54, 1.807) is 0 Å². The van der Waals surface area contributed by atoms with Crippen molar-refractivity contribution in [3.63, 3.8) is 0 Å². The number of hydrogen-bond acceptors (Lipinski definition) is 6. The van der Waals surface area contributed by atoms with Crippen molar-refractivity contribution in [2.45, 2.75) is 118 Å². The Morgan fingerprint density at radius 1 is 0.727 bits per heavy atom. The fraction of sp³-hybridized carbons (Fsp3) is 0.885. The number of aliphatic hydroxyl groups is 2. The Kier molecular flexibility index (Phi) is 8.25. The van der Waals surface area contributed by atoms with E-state index in [1.165, 1.54) is 6.92 Å². The number of carbonyl (C=O) groups excluding carboxylic acids is 1. The largest absolute Gasteiger partial charge is 0.453 e. The zero-order valence-electron chi connectivity index (χ0n) is 23.2. The van der Waals surface area contributed by atoms with E-state index in [0.29, 0.717) is 25.7 Å². The van der Waals surface area contributed by atoms with Gasteiger partial charge in [-0.05, 0) is 70.6 Å². The van der Waals surface area contributed by atoms with E-state index in [0.717, 1.165) is 6.92 Å². The lowest BCUT2D eigenvalue weighted by Crippen LogP contribution is -2.67. The number of rotatable bonds is 8. The molecule has 5 fully saturated rings. The van der Waals surface area contributed by atoms with Crippen molar-refractivity contribution in [2.24, 2.45) is 23.7 Å². The molecule has 5 unspecified atom stereocenters. The molecule has 18 heteroatoms. The summed E-state index contributed by atoms with van der Waals surface area (Å²) in [5.74, 6) is -7.40. The Bertz CT molecular complexity index is 1050. The number of hydrogen-bond donors (Lipinski definition) is 2. The topological polar surface area (TPSA) is 85.2 Å². The lowest BCUT2D eigenvalue weighted by atomic mass is 9.65. The molecule has 0 saturated heterocycles. The van der Waals surface area contributed by atoms with Gasteiger partial charge in [0.2, 0.25) is 0 Å². The highest BCUT2D eigenvalue weighted by Gasteiger charge is 2.79. The molecule has 5 atom stereocenters. The number of ether oxygens (including phenoxy) is 3. The van der Waals surface area contributed by atoms with Crippen LogP contribution in [0.15, 0.2) is 12.2 Å². The van der Waals surface area contributed by atoms with E-state index in [9.17, 15) is 67.7 Å². The number of alkyl halides is 12. The van der Waals surface area contributed by atoms with Gasteiger partial charge in [-0.3, -0.25) is 0 Å². The smallest absolute Gasteiger partial charge is 0.426 e. The zero-order chi connectivity index (χ0) is 33.7. The molecule has 6 nitrogen and oxygen atoms in total. The van der Waals surface area contributed by atoms with Crippen LogP contribution in [0.1, 0.15) is 58.8 Å². The normalized spacial score (nSPS) is 35.3. The maximum Gasteiger partial charge on any atom is 0.426 e. The number of halogens is 12. The van der Waals surface area contributed by atoms with Crippen molar-refractivity contribution in [3.05, 3.63) is 12.2 Å². The first-order valence-corrected chi connectivity index (χ1v) is 13.6. The van der Waals surface area contributed by atoms with Crippen molar-refractivity contribution in [1.82, 2.24) is 0 Å². The van der Waals surface area contributed by atoms with Gasteiger partial charge in [-0.1, -0.05) is 6.58 Å². The third-order valence-corrected chi connectivity index (χ3v) is 9.85. The predicted molar refractivity (Wildman–Crippen MR) is 122 cm³/mol. The molecule has 0 aromatic heterocycles. The van der Waals surface area contributed by atoms with Crippen LogP contribution in [-0.4, -0.2) is 75.7 Å². The van der Waals surface area contributed by atoms with Crippen molar-refractivity contribution in [3.8, 4) is 0 Å². The van der Waals surface area contributed by atoms with Crippen LogP contribution >= 0.6 is 0 Å². The van der Waals surface area contributed by atoms with Gasteiger partial charge in [0, 0.05) is 17.4 Å². The highest BCUT2D eigenvalue weighted by atomic mass is 19.4.